The average molecular weight is 296 g/mol. The van der Waals surface area contributed by atoms with Gasteiger partial charge in [0.1, 0.15) is 11.5 Å². The van der Waals surface area contributed by atoms with Gasteiger partial charge < -0.3 is 9.73 Å². The summed E-state index contributed by atoms with van der Waals surface area (Å²) < 4.78 is 7.02. The summed E-state index contributed by atoms with van der Waals surface area (Å²) in [6, 6.07) is 7.39. The molecule has 1 N–H and O–H groups in total. The Balaban J connectivity index is 1.69. The number of rotatable bonds is 4. The molecule has 0 radical (unpaired) electrons. The Bertz CT molecular complexity index is 771. The van der Waals surface area contributed by atoms with Crippen LogP contribution in [0.4, 0.5) is 0 Å². The second-order valence-corrected chi connectivity index (χ2v) is 5.04. The molecule has 3 aromatic heterocycles. The molecule has 0 fully saturated rings. The minimum absolute atomic E-state index is 0.202. The summed E-state index contributed by atoms with van der Waals surface area (Å²) in [5, 5.41) is 7.00. The number of nitrogens with zero attached hydrogens (tertiary/aromatic N) is 3. The lowest BCUT2D eigenvalue weighted by molar-refractivity contribution is 0.0945. The van der Waals surface area contributed by atoms with Crippen LogP contribution in [-0.2, 0) is 13.6 Å². The summed E-state index contributed by atoms with van der Waals surface area (Å²) in [5.74, 6) is 0.549. The molecule has 0 aliphatic heterocycles. The first kappa shape index (κ1) is 14.1. The number of amides is 1. The average Bonchev–Trinajstić information content (AvgIpc) is 3.16. The van der Waals surface area contributed by atoms with Gasteiger partial charge in [-0.05, 0) is 36.8 Å². The van der Waals surface area contributed by atoms with Crippen LogP contribution in [0.25, 0.3) is 11.3 Å². The smallest absolute Gasteiger partial charge is 0.272 e. The number of hydrogen-bond acceptors (Lipinski definition) is 4. The Morgan fingerprint density at radius 1 is 1.36 bits per heavy atom. The molecule has 0 aromatic carbocycles. The monoisotopic (exact) mass is 296 g/mol. The zero-order valence-corrected chi connectivity index (χ0v) is 12.4. The quantitative estimate of drug-likeness (QED) is 0.802. The zero-order valence-electron chi connectivity index (χ0n) is 12.4. The Morgan fingerprint density at radius 3 is 2.91 bits per heavy atom. The second-order valence-electron chi connectivity index (χ2n) is 5.04. The van der Waals surface area contributed by atoms with Crippen LogP contribution in [0.3, 0.4) is 0 Å². The van der Waals surface area contributed by atoms with Gasteiger partial charge in [0.2, 0.25) is 0 Å². The predicted molar refractivity (Wildman–Crippen MR) is 81.1 cm³/mol. The topological polar surface area (TPSA) is 73.0 Å². The van der Waals surface area contributed by atoms with Gasteiger partial charge in [-0.1, -0.05) is 0 Å². The van der Waals surface area contributed by atoms with Crippen LogP contribution >= 0.6 is 0 Å². The normalized spacial score (nSPS) is 10.6. The van der Waals surface area contributed by atoms with Gasteiger partial charge in [-0.2, -0.15) is 5.10 Å². The molecule has 0 aliphatic carbocycles. The molecule has 1 amide bonds. The molecule has 0 atom stereocenters. The lowest BCUT2D eigenvalue weighted by atomic mass is 10.1. The third kappa shape index (κ3) is 2.90. The van der Waals surface area contributed by atoms with Crippen molar-refractivity contribution < 1.29 is 9.21 Å². The van der Waals surface area contributed by atoms with E-state index >= 15 is 0 Å². The van der Waals surface area contributed by atoms with Gasteiger partial charge in [0.15, 0.2) is 0 Å². The zero-order chi connectivity index (χ0) is 15.5. The molecule has 3 rings (SSSR count). The highest BCUT2D eigenvalue weighted by Crippen LogP contribution is 2.19. The van der Waals surface area contributed by atoms with Crippen molar-refractivity contribution in [2.75, 3.05) is 0 Å². The van der Waals surface area contributed by atoms with Gasteiger partial charge in [-0.3, -0.25) is 14.5 Å². The van der Waals surface area contributed by atoms with Crippen molar-refractivity contribution >= 4 is 5.91 Å². The molecule has 0 unspecified atom stereocenters. The number of furan rings is 1. The Kier molecular flexibility index (Phi) is 3.74. The minimum atomic E-state index is -0.202. The van der Waals surface area contributed by atoms with Gasteiger partial charge >= 0.3 is 0 Å². The van der Waals surface area contributed by atoms with E-state index in [2.05, 4.69) is 15.4 Å². The molecule has 0 saturated carbocycles. The summed E-state index contributed by atoms with van der Waals surface area (Å²) in [6.07, 6.45) is 5.07. The maximum absolute atomic E-state index is 12.1. The number of nitrogens with one attached hydrogen (secondary N) is 1. The minimum Gasteiger partial charge on any atom is -0.464 e. The van der Waals surface area contributed by atoms with Crippen LogP contribution in [0.1, 0.15) is 21.7 Å². The van der Waals surface area contributed by atoms with E-state index in [1.165, 1.54) is 0 Å². The Labute approximate surface area is 127 Å². The molecule has 112 valence electrons. The van der Waals surface area contributed by atoms with Crippen molar-refractivity contribution in [3.63, 3.8) is 0 Å². The Hall–Kier alpha value is -2.89. The highest BCUT2D eigenvalue weighted by molar-refractivity contribution is 5.92. The fourth-order valence-corrected chi connectivity index (χ4v) is 2.11. The second kappa shape index (κ2) is 5.85. The maximum atomic E-state index is 12.1. The summed E-state index contributed by atoms with van der Waals surface area (Å²) in [7, 11) is 1.81. The number of aryl methyl sites for hydroxylation is 2. The summed E-state index contributed by atoms with van der Waals surface area (Å²) >= 11 is 0. The van der Waals surface area contributed by atoms with E-state index in [1.807, 2.05) is 32.2 Å². The molecule has 0 spiro atoms. The molecule has 22 heavy (non-hydrogen) atoms. The molecular formula is C16H16N4O2. The predicted octanol–water partition coefficient (Wildman–Crippen LogP) is 2.31. The van der Waals surface area contributed by atoms with Gasteiger partial charge in [0.25, 0.3) is 5.91 Å². The van der Waals surface area contributed by atoms with Gasteiger partial charge in [-0.25, -0.2) is 0 Å². The fourth-order valence-electron chi connectivity index (χ4n) is 2.11. The number of pyridine rings is 1. The van der Waals surface area contributed by atoms with E-state index in [-0.39, 0.29) is 5.91 Å². The molecule has 3 heterocycles. The van der Waals surface area contributed by atoms with Crippen LogP contribution in [0.15, 0.2) is 47.3 Å². The molecule has 6 nitrogen and oxygen atoms in total. The van der Waals surface area contributed by atoms with E-state index in [0.29, 0.717) is 12.2 Å². The molecule has 3 aromatic rings. The van der Waals surface area contributed by atoms with Crippen molar-refractivity contribution in [3.05, 3.63) is 59.9 Å². The third-order valence-electron chi connectivity index (χ3n) is 3.40. The lowest BCUT2D eigenvalue weighted by Gasteiger charge is -2.04. The van der Waals surface area contributed by atoms with Crippen molar-refractivity contribution in [2.24, 2.45) is 7.05 Å². The van der Waals surface area contributed by atoms with E-state index in [4.69, 9.17) is 4.42 Å². The molecule has 0 aliphatic rings. The molecule has 0 saturated heterocycles. The number of carbonyl (C=O) groups excluding carboxylic acids is 1. The summed E-state index contributed by atoms with van der Waals surface area (Å²) in [6.45, 7) is 2.29. The lowest BCUT2D eigenvalue weighted by Crippen LogP contribution is -2.23. The standard InChI is InChI=1S/C16H16N4O2/c1-11-6-14(19-20(11)2)16(21)18-9-12-7-13(10-17-8-12)15-4-3-5-22-15/h3-8,10H,9H2,1-2H3,(H,18,21). The summed E-state index contributed by atoms with van der Waals surface area (Å²) in [5.41, 5.74) is 3.13. The van der Waals surface area contributed by atoms with Crippen LogP contribution in [0.2, 0.25) is 0 Å². The highest BCUT2D eigenvalue weighted by Gasteiger charge is 2.11. The number of hydrogen-bond donors (Lipinski definition) is 1. The van der Waals surface area contributed by atoms with Crippen molar-refractivity contribution in [1.82, 2.24) is 20.1 Å². The number of aromatic nitrogens is 3. The van der Waals surface area contributed by atoms with Gasteiger partial charge in [-0.15, -0.1) is 0 Å². The maximum Gasteiger partial charge on any atom is 0.272 e. The Morgan fingerprint density at radius 2 is 2.23 bits per heavy atom. The SMILES string of the molecule is Cc1cc(C(=O)NCc2cncc(-c3ccco3)c2)nn1C. The fraction of sp³-hybridized carbons (Fsp3) is 0.188. The van der Waals surface area contributed by atoms with Crippen molar-refractivity contribution in [2.45, 2.75) is 13.5 Å². The highest BCUT2D eigenvalue weighted by atomic mass is 16.3. The first-order chi connectivity index (χ1) is 10.6. The van der Waals surface area contributed by atoms with Crippen molar-refractivity contribution in [3.8, 4) is 11.3 Å². The molecular weight excluding hydrogens is 280 g/mol. The first-order valence-corrected chi connectivity index (χ1v) is 6.90. The van der Waals surface area contributed by atoms with E-state index in [0.717, 1.165) is 22.6 Å². The van der Waals surface area contributed by atoms with E-state index in [9.17, 15) is 4.79 Å². The molecule has 6 heteroatoms. The largest absolute Gasteiger partial charge is 0.464 e. The van der Waals surface area contributed by atoms with Gasteiger partial charge in [0.05, 0.1) is 6.26 Å². The van der Waals surface area contributed by atoms with Crippen LogP contribution in [0.5, 0.6) is 0 Å². The van der Waals surface area contributed by atoms with Crippen LogP contribution in [-0.4, -0.2) is 20.7 Å². The van der Waals surface area contributed by atoms with Gasteiger partial charge in [0, 0.05) is 37.2 Å². The van der Waals surface area contributed by atoms with Crippen LogP contribution < -0.4 is 5.32 Å². The first-order valence-electron chi connectivity index (χ1n) is 6.90. The summed E-state index contributed by atoms with van der Waals surface area (Å²) in [4.78, 5) is 16.2. The number of carbonyl (C=O) groups is 1. The third-order valence-corrected chi connectivity index (χ3v) is 3.40. The van der Waals surface area contributed by atoms with Crippen LogP contribution in [0, 0.1) is 6.92 Å². The molecule has 0 bridgehead atoms. The van der Waals surface area contributed by atoms with E-state index in [1.54, 1.807) is 29.4 Å². The van der Waals surface area contributed by atoms with E-state index < -0.39 is 0 Å². The van der Waals surface area contributed by atoms with Crippen molar-refractivity contribution in [1.29, 1.82) is 0 Å².